The van der Waals surface area contributed by atoms with Gasteiger partial charge in [0.05, 0.1) is 34.5 Å². The first kappa shape index (κ1) is 44.4. The number of nitrogens with one attached hydrogen (secondary N) is 1. The number of aromatic nitrogens is 1. The molecular weight excluding hydrogens is 760 g/mol. The summed E-state index contributed by atoms with van der Waals surface area (Å²) in [4.78, 5) is 28.7. The molecule has 0 radical (unpaired) electrons. The number of alkyl halides is 1. The monoisotopic (exact) mass is 817 g/mol. The second-order valence-electron chi connectivity index (χ2n) is 16.5. The van der Waals surface area contributed by atoms with Gasteiger partial charge in [0.1, 0.15) is 12.2 Å². The molecule has 3 saturated carbocycles. The number of nitrogens with zero attached hydrogens (tertiary/aromatic N) is 1. The van der Waals surface area contributed by atoms with E-state index in [1.54, 1.807) is 39.0 Å². The van der Waals surface area contributed by atoms with Crippen LogP contribution in [-0.2, 0) is 20.7 Å². The lowest BCUT2D eigenvalue weighted by atomic mass is 9.44. The Morgan fingerprint density at radius 2 is 1.84 bits per heavy atom. The third-order valence-electron chi connectivity index (χ3n) is 13.2. The molecule has 0 unspecified atom stereocenters. The Bertz CT molecular complexity index is 1740. The van der Waals surface area contributed by atoms with Crippen LogP contribution in [0.2, 0.25) is 10.0 Å². The van der Waals surface area contributed by atoms with E-state index in [2.05, 4.69) is 10.3 Å². The number of aliphatic hydroxyl groups is 4. The molecule has 308 valence electrons. The van der Waals surface area contributed by atoms with Gasteiger partial charge in [-0.25, -0.2) is 4.39 Å². The third kappa shape index (κ3) is 8.52. The first-order chi connectivity index (χ1) is 26.5. The van der Waals surface area contributed by atoms with Crippen LogP contribution in [0.25, 0.3) is 0 Å². The van der Waals surface area contributed by atoms with Crippen LogP contribution in [0.3, 0.4) is 0 Å². The fourth-order valence-corrected chi connectivity index (χ4v) is 10.6. The van der Waals surface area contributed by atoms with Crippen LogP contribution in [0.1, 0.15) is 89.5 Å². The highest BCUT2D eigenvalue weighted by Gasteiger charge is 2.75. The van der Waals surface area contributed by atoms with Gasteiger partial charge in [-0.3, -0.25) is 14.6 Å². The van der Waals surface area contributed by atoms with Gasteiger partial charge in [0.2, 0.25) is 0 Å². The second-order valence-corrected chi connectivity index (χ2v) is 17.3. The van der Waals surface area contributed by atoms with Crippen molar-refractivity contribution < 1.29 is 39.1 Å². The smallest absolute Gasteiger partial charge is 0.190 e. The number of allylic oxidation sites excluding steroid dienone is 4. The molecule has 4 aliphatic rings. The number of hydrogen-bond donors (Lipinski definition) is 6. The summed E-state index contributed by atoms with van der Waals surface area (Å²) in [6.07, 6.45) is 10.8. The predicted molar refractivity (Wildman–Crippen MR) is 216 cm³/mol. The molecule has 2 aromatic rings. The number of unbranched alkanes of at least 4 members (excludes halogenated alkanes) is 3. The molecule has 0 aliphatic heterocycles. The molecule has 1 aromatic carbocycles. The summed E-state index contributed by atoms with van der Waals surface area (Å²) in [6, 6.07) is 9.24. The van der Waals surface area contributed by atoms with Gasteiger partial charge >= 0.3 is 0 Å². The molecule has 1 heterocycles. The average molecular weight is 819 g/mol. The normalized spacial score (nSPS) is 32.4. The van der Waals surface area contributed by atoms with Crippen molar-refractivity contribution >= 4 is 40.5 Å². The molecule has 10 nitrogen and oxygen atoms in total. The van der Waals surface area contributed by atoms with E-state index in [1.807, 2.05) is 24.4 Å². The van der Waals surface area contributed by atoms with Gasteiger partial charge in [0.15, 0.2) is 17.2 Å². The van der Waals surface area contributed by atoms with Crippen molar-refractivity contribution in [3.8, 4) is 0 Å². The van der Waals surface area contributed by atoms with Crippen molar-refractivity contribution in [1.82, 2.24) is 10.3 Å². The molecule has 13 heteroatoms. The molecule has 0 saturated heterocycles. The largest absolute Gasteiger partial charge is 0.396 e. The number of Topliss-reactive ketones (excluding diaryl/α,β-unsaturated/α-hetero) is 1. The minimum absolute atomic E-state index is 0.0676. The van der Waals surface area contributed by atoms with Gasteiger partial charge in [-0.1, -0.05) is 67.6 Å². The molecule has 56 heavy (non-hydrogen) atoms. The second kappa shape index (κ2) is 18.5. The number of halogens is 3. The van der Waals surface area contributed by atoms with Crippen LogP contribution in [0.15, 0.2) is 60.3 Å². The SMILES string of the molecule is C[C@@H]1C[C@H]2[C@@H]3CCC4=CC(=O)C=C[C@]4(C)[C@@]3(F)[C@@H](O)C[C@]2(C)[C@@]1(O)C(=O)CO.Nc1c(Cl)cc([C@@H](O)CNCCCCCCOCCc2ccccn2)cc1Cl. The number of aliphatic hydroxyl groups excluding tert-OH is 3. The number of ether oxygens (including phenoxy) is 1. The van der Waals surface area contributed by atoms with Gasteiger partial charge in [-0.2, -0.15) is 0 Å². The number of pyridine rings is 1. The van der Waals surface area contributed by atoms with Crippen LogP contribution >= 0.6 is 23.2 Å². The summed E-state index contributed by atoms with van der Waals surface area (Å²) in [5.41, 5.74) is 2.62. The zero-order chi connectivity index (χ0) is 40.9. The fraction of sp³-hybridized carbons (Fsp3) is 0.605. The quantitative estimate of drug-likeness (QED) is 0.0883. The van der Waals surface area contributed by atoms with Crippen LogP contribution in [0.5, 0.6) is 0 Å². The molecule has 0 amide bonds. The molecule has 6 rings (SSSR count). The molecule has 4 aliphatic carbocycles. The maximum Gasteiger partial charge on any atom is 0.190 e. The number of ketones is 2. The van der Waals surface area contributed by atoms with Crippen molar-refractivity contribution in [2.24, 2.45) is 28.6 Å². The first-order valence-corrected chi connectivity index (χ1v) is 20.6. The molecule has 0 spiro atoms. The average Bonchev–Trinajstić information content (AvgIpc) is 3.38. The Morgan fingerprint density at radius 3 is 2.52 bits per heavy atom. The molecule has 1 aromatic heterocycles. The summed E-state index contributed by atoms with van der Waals surface area (Å²) < 4.78 is 22.5. The van der Waals surface area contributed by atoms with E-state index in [1.165, 1.54) is 12.2 Å². The van der Waals surface area contributed by atoms with Crippen LogP contribution in [0, 0.1) is 28.6 Å². The highest BCUT2D eigenvalue weighted by molar-refractivity contribution is 6.38. The number of fused-ring (bicyclic) bond motifs is 5. The van der Waals surface area contributed by atoms with E-state index < -0.39 is 58.5 Å². The van der Waals surface area contributed by atoms with Gasteiger partial charge in [-0.15, -0.1) is 0 Å². The van der Waals surface area contributed by atoms with Crippen LogP contribution < -0.4 is 11.1 Å². The summed E-state index contributed by atoms with van der Waals surface area (Å²) in [7, 11) is 0. The molecule has 9 atom stereocenters. The van der Waals surface area contributed by atoms with Crippen LogP contribution in [0.4, 0.5) is 10.1 Å². The van der Waals surface area contributed by atoms with E-state index in [-0.39, 0.29) is 18.1 Å². The molecule has 7 N–H and O–H groups in total. The number of carbonyl (C=O) groups is 2. The van der Waals surface area contributed by atoms with Gasteiger partial charge < -0.3 is 36.2 Å². The lowest BCUT2D eigenvalue weighted by Gasteiger charge is -2.62. The first-order valence-electron chi connectivity index (χ1n) is 19.8. The Kier molecular flexibility index (Phi) is 14.6. The number of hydrogen-bond acceptors (Lipinski definition) is 10. The summed E-state index contributed by atoms with van der Waals surface area (Å²) in [5.74, 6) is -2.12. The molecule has 3 fully saturated rings. The third-order valence-corrected chi connectivity index (χ3v) is 13.9. The highest BCUT2D eigenvalue weighted by atomic mass is 35.5. The summed E-state index contributed by atoms with van der Waals surface area (Å²) in [5, 5.41) is 46.2. The standard InChI is InChI=1S/C22H29FO5.C21H29Cl2N3O2/c1-12-8-16-15-5-4-13-9-14(25)6-7-19(13,2)21(15,23)17(26)10-20(16,3)22(12,28)18(27)11-24;22-18-13-16(14-19(23)21(18)24)20(27)15-25-9-4-1-2-6-11-28-12-8-17-7-3-5-10-26-17/h6-7,9,12,15-17,24,26,28H,4-5,8,10-11H2,1-3H3;3,5,7,10,13-14,20,25,27H,1-2,4,6,8-9,11-12,15,24H2/t12-,15+,16+,17+,19+,20+,21+,22+;20-/m10/s1. The van der Waals surface area contributed by atoms with E-state index in [9.17, 15) is 30.0 Å². The predicted octanol–water partition coefficient (Wildman–Crippen LogP) is 6.31. The Labute approximate surface area is 339 Å². The number of anilines is 1. The minimum Gasteiger partial charge on any atom is -0.396 e. The van der Waals surface area contributed by atoms with Gasteiger partial charge in [0, 0.05) is 48.2 Å². The number of nitrogen functional groups attached to an aromatic ring is 1. The highest BCUT2D eigenvalue weighted by Crippen LogP contribution is 2.70. The number of nitrogens with two attached hydrogens (primary N) is 1. The van der Waals surface area contributed by atoms with Crippen molar-refractivity contribution in [2.45, 2.75) is 102 Å². The summed E-state index contributed by atoms with van der Waals surface area (Å²) >= 11 is 12.0. The number of rotatable bonds is 15. The molecule has 0 bridgehead atoms. The summed E-state index contributed by atoms with van der Waals surface area (Å²) in [6.45, 7) is 7.29. The fourth-order valence-electron chi connectivity index (χ4n) is 10.0. The lowest BCUT2D eigenvalue weighted by molar-refractivity contribution is -0.219. The van der Waals surface area contributed by atoms with Crippen molar-refractivity contribution in [3.05, 3.63) is 81.6 Å². The minimum atomic E-state index is -1.98. The lowest BCUT2D eigenvalue weighted by Crippen LogP contribution is -2.69. The maximum absolute atomic E-state index is 16.9. The van der Waals surface area contributed by atoms with E-state index in [4.69, 9.17) is 33.7 Å². The Morgan fingerprint density at radius 1 is 1.12 bits per heavy atom. The maximum atomic E-state index is 16.9. The van der Waals surface area contributed by atoms with Gasteiger partial charge in [-0.05, 0) is 106 Å². The van der Waals surface area contributed by atoms with E-state index in [0.717, 1.165) is 57.6 Å². The zero-order valence-electron chi connectivity index (χ0n) is 32.7. The molecular formula is C43H58Cl2FN3O7. The van der Waals surface area contributed by atoms with Gasteiger partial charge in [0.25, 0.3) is 0 Å². The van der Waals surface area contributed by atoms with E-state index >= 15 is 4.39 Å². The number of benzene rings is 1. The van der Waals surface area contributed by atoms with Crippen LogP contribution in [-0.4, -0.2) is 87.3 Å². The topological polar surface area (TPSA) is 175 Å². The Hall–Kier alpha value is -2.74. The number of carbonyl (C=O) groups excluding carboxylic acids is 2. The van der Waals surface area contributed by atoms with E-state index in [0.29, 0.717) is 52.7 Å². The van der Waals surface area contributed by atoms with Crippen molar-refractivity contribution in [1.29, 1.82) is 0 Å². The zero-order valence-corrected chi connectivity index (χ0v) is 34.2. The van der Waals surface area contributed by atoms with Crippen molar-refractivity contribution in [3.63, 3.8) is 0 Å². The Balaban J connectivity index is 0.000000214. The van der Waals surface area contributed by atoms with Crippen molar-refractivity contribution in [2.75, 3.05) is 38.6 Å².